The molecule has 0 unspecified atom stereocenters. The maximum atomic E-state index is 12.0. The standard InChI is InChI=1S/C16H27NO7/c1-16(2,3)24-15(21)17-7-11-9(13(19)22-4)6-10(12(11)8-18)14(20)23-5/h9-12,18H,6-8H2,1-5H3,(H,17,21)/t9-,10+,11+,12-/m0/s1. The fourth-order valence-electron chi connectivity index (χ4n) is 3.14. The Labute approximate surface area is 141 Å². The van der Waals surface area contributed by atoms with Crippen LogP contribution in [0, 0.1) is 23.7 Å². The largest absolute Gasteiger partial charge is 0.469 e. The molecule has 0 aromatic heterocycles. The zero-order valence-corrected chi connectivity index (χ0v) is 14.8. The van der Waals surface area contributed by atoms with E-state index in [9.17, 15) is 19.5 Å². The molecular formula is C16H27NO7. The average molecular weight is 345 g/mol. The van der Waals surface area contributed by atoms with Gasteiger partial charge < -0.3 is 24.6 Å². The number of carbonyl (C=O) groups excluding carboxylic acids is 3. The van der Waals surface area contributed by atoms with Gasteiger partial charge in [-0.1, -0.05) is 0 Å². The first-order chi connectivity index (χ1) is 11.1. The number of methoxy groups -OCH3 is 2. The van der Waals surface area contributed by atoms with E-state index >= 15 is 0 Å². The molecule has 0 radical (unpaired) electrons. The van der Waals surface area contributed by atoms with E-state index in [4.69, 9.17) is 14.2 Å². The van der Waals surface area contributed by atoms with Gasteiger partial charge in [0, 0.05) is 19.1 Å². The van der Waals surface area contributed by atoms with Crippen molar-refractivity contribution in [3.8, 4) is 0 Å². The number of hydrogen-bond donors (Lipinski definition) is 2. The number of amides is 1. The molecule has 0 saturated heterocycles. The van der Waals surface area contributed by atoms with Crippen molar-refractivity contribution in [2.24, 2.45) is 23.7 Å². The quantitative estimate of drug-likeness (QED) is 0.558. The van der Waals surface area contributed by atoms with Crippen LogP contribution >= 0.6 is 0 Å². The van der Waals surface area contributed by atoms with Crippen molar-refractivity contribution in [3.05, 3.63) is 0 Å². The smallest absolute Gasteiger partial charge is 0.407 e. The second-order valence-electron chi connectivity index (χ2n) is 6.89. The van der Waals surface area contributed by atoms with Gasteiger partial charge in [-0.2, -0.15) is 0 Å². The first-order valence-corrected chi connectivity index (χ1v) is 7.88. The number of carbonyl (C=O) groups is 3. The predicted octanol–water partition coefficient (Wildman–Crippen LogP) is 0.718. The maximum Gasteiger partial charge on any atom is 0.407 e. The molecule has 0 bridgehead atoms. The van der Waals surface area contributed by atoms with Gasteiger partial charge in [-0.25, -0.2) is 4.79 Å². The average Bonchev–Trinajstić information content (AvgIpc) is 2.88. The molecule has 0 aromatic rings. The van der Waals surface area contributed by atoms with Gasteiger partial charge in [-0.3, -0.25) is 9.59 Å². The number of aliphatic hydroxyl groups is 1. The highest BCUT2D eigenvalue weighted by Gasteiger charge is 2.50. The SMILES string of the molecule is COC(=O)[C@H]1C[C@@H](C(=O)OC)[C@H](CO)[C@@H]1CNC(=O)OC(C)(C)C. The molecule has 1 rings (SSSR count). The number of nitrogens with one attached hydrogen (secondary N) is 1. The highest BCUT2D eigenvalue weighted by molar-refractivity contribution is 5.78. The van der Waals surface area contributed by atoms with E-state index in [1.165, 1.54) is 14.2 Å². The van der Waals surface area contributed by atoms with Gasteiger partial charge in [0.05, 0.1) is 26.1 Å². The fraction of sp³-hybridized carbons (Fsp3) is 0.812. The maximum absolute atomic E-state index is 12.0. The summed E-state index contributed by atoms with van der Waals surface area (Å²) >= 11 is 0. The molecule has 1 aliphatic rings. The molecule has 0 aliphatic heterocycles. The van der Waals surface area contributed by atoms with Gasteiger partial charge in [0.2, 0.25) is 0 Å². The Balaban J connectivity index is 2.86. The molecule has 4 atom stereocenters. The zero-order valence-electron chi connectivity index (χ0n) is 14.8. The molecule has 2 N–H and O–H groups in total. The highest BCUT2D eigenvalue weighted by atomic mass is 16.6. The van der Waals surface area contributed by atoms with Crippen molar-refractivity contribution in [1.82, 2.24) is 5.32 Å². The summed E-state index contributed by atoms with van der Waals surface area (Å²) in [7, 11) is 2.52. The van der Waals surface area contributed by atoms with Crippen LogP contribution in [0.25, 0.3) is 0 Å². The van der Waals surface area contributed by atoms with E-state index < -0.39 is 47.3 Å². The third kappa shape index (κ3) is 5.09. The van der Waals surface area contributed by atoms with Crippen LogP contribution in [0.3, 0.4) is 0 Å². The highest BCUT2D eigenvalue weighted by Crippen LogP contribution is 2.42. The third-order valence-electron chi connectivity index (χ3n) is 4.19. The minimum Gasteiger partial charge on any atom is -0.469 e. The van der Waals surface area contributed by atoms with Crippen LogP contribution in [0.5, 0.6) is 0 Å². The Morgan fingerprint density at radius 1 is 1.04 bits per heavy atom. The van der Waals surface area contributed by atoms with Crippen LogP contribution in [0.4, 0.5) is 4.79 Å². The molecule has 1 saturated carbocycles. The Morgan fingerprint density at radius 2 is 1.54 bits per heavy atom. The predicted molar refractivity (Wildman–Crippen MR) is 83.9 cm³/mol. The lowest BCUT2D eigenvalue weighted by Gasteiger charge is -2.25. The van der Waals surface area contributed by atoms with E-state index in [-0.39, 0.29) is 19.6 Å². The van der Waals surface area contributed by atoms with Crippen LogP contribution in [0.2, 0.25) is 0 Å². The van der Waals surface area contributed by atoms with Crippen LogP contribution in [-0.2, 0) is 23.8 Å². The van der Waals surface area contributed by atoms with Crippen LogP contribution in [0.15, 0.2) is 0 Å². The van der Waals surface area contributed by atoms with Gasteiger partial charge in [-0.15, -0.1) is 0 Å². The number of hydrogen-bond acceptors (Lipinski definition) is 7. The molecule has 24 heavy (non-hydrogen) atoms. The number of esters is 2. The molecule has 8 heteroatoms. The van der Waals surface area contributed by atoms with E-state index in [2.05, 4.69) is 5.32 Å². The van der Waals surface area contributed by atoms with Crippen LogP contribution < -0.4 is 5.32 Å². The summed E-state index contributed by atoms with van der Waals surface area (Å²) in [4.78, 5) is 35.8. The Morgan fingerprint density at radius 3 is 1.96 bits per heavy atom. The number of ether oxygens (including phenoxy) is 3. The van der Waals surface area contributed by atoms with Crippen molar-refractivity contribution in [2.45, 2.75) is 32.8 Å². The Kier molecular flexibility index (Phi) is 7.01. The second-order valence-corrected chi connectivity index (χ2v) is 6.89. The van der Waals surface area contributed by atoms with Gasteiger partial charge in [0.25, 0.3) is 0 Å². The summed E-state index contributed by atoms with van der Waals surface area (Å²) in [6.45, 7) is 5.01. The zero-order chi connectivity index (χ0) is 18.5. The first-order valence-electron chi connectivity index (χ1n) is 7.88. The van der Waals surface area contributed by atoms with Gasteiger partial charge in [-0.05, 0) is 33.1 Å². The van der Waals surface area contributed by atoms with Crippen LogP contribution in [-0.4, -0.2) is 56.1 Å². The van der Waals surface area contributed by atoms with Gasteiger partial charge >= 0.3 is 18.0 Å². The van der Waals surface area contributed by atoms with Crippen LogP contribution in [0.1, 0.15) is 27.2 Å². The normalized spacial score (nSPS) is 26.6. The minimum atomic E-state index is -0.646. The van der Waals surface area contributed by atoms with Crippen molar-refractivity contribution in [3.63, 3.8) is 0 Å². The lowest BCUT2D eigenvalue weighted by atomic mass is 9.87. The number of alkyl carbamates (subject to hydrolysis) is 1. The molecular weight excluding hydrogens is 318 g/mol. The molecule has 8 nitrogen and oxygen atoms in total. The number of aliphatic hydroxyl groups excluding tert-OH is 1. The molecule has 1 amide bonds. The van der Waals surface area contributed by atoms with Crippen molar-refractivity contribution >= 4 is 18.0 Å². The second kappa shape index (κ2) is 8.32. The van der Waals surface area contributed by atoms with Crippen molar-refractivity contribution in [2.75, 3.05) is 27.4 Å². The van der Waals surface area contributed by atoms with E-state index in [0.717, 1.165) is 0 Å². The van der Waals surface area contributed by atoms with Gasteiger partial charge in [0.1, 0.15) is 5.60 Å². The summed E-state index contributed by atoms with van der Waals surface area (Å²) in [6.07, 6.45) is -0.407. The summed E-state index contributed by atoms with van der Waals surface area (Å²) in [6, 6.07) is 0. The molecule has 1 fully saturated rings. The summed E-state index contributed by atoms with van der Waals surface area (Å²) in [5, 5.41) is 12.3. The van der Waals surface area contributed by atoms with Gasteiger partial charge in [0.15, 0.2) is 0 Å². The minimum absolute atomic E-state index is 0.0907. The first kappa shape index (κ1) is 20.2. The Bertz CT molecular complexity index is 472. The molecule has 0 spiro atoms. The Hall–Kier alpha value is -1.83. The molecule has 1 aliphatic carbocycles. The van der Waals surface area contributed by atoms with Crippen molar-refractivity contribution in [1.29, 1.82) is 0 Å². The molecule has 0 aromatic carbocycles. The molecule has 0 heterocycles. The van der Waals surface area contributed by atoms with E-state index in [1.807, 2.05) is 0 Å². The van der Waals surface area contributed by atoms with E-state index in [1.54, 1.807) is 20.8 Å². The lowest BCUT2D eigenvalue weighted by Crippen LogP contribution is -2.40. The van der Waals surface area contributed by atoms with Crippen molar-refractivity contribution < 1.29 is 33.7 Å². The summed E-state index contributed by atoms with van der Waals surface area (Å²) in [5.74, 6) is -3.13. The third-order valence-corrected chi connectivity index (χ3v) is 4.19. The van der Waals surface area contributed by atoms with E-state index in [0.29, 0.717) is 0 Å². The lowest BCUT2D eigenvalue weighted by molar-refractivity contribution is -0.147. The molecule has 138 valence electrons. The fourth-order valence-corrected chi connectivity index (χ4v) is 3.14. The topological polar surface area (TPSA) is 111 Å². The number of rotatable bonds is 5. The summed E-state index contributed by atoms with van der Waals surface area (Å²) < 4.78 is 14.7. The summed E-state index contributed by atoms with van der Waals surface area (Å²) in [5.41, 5.74) is -0.646. The monoisotopic (exact) mass is 345 g/mol.